The van der Waals surface area contributed by atoms with Crippen LogP contribution in [0.3, 0.4) is 0 Å². The summed E-state index contributed by atoms with van der Waals surface area (Å²) >= 11 is 6.01. The van der Waals surface area contributed by atoms with Crippen LogP contribution in [0, 0.1) is 6.92 Å². The van der Waals surface area contributed by atoms with Gasteiger partial charge in [-0.2, -0.15) is 0 Å². The quantitative estimate of drug-likeness (QED) is 0.844. The number of aliphatic imine (C=N–C) groups is 1. The SMILES string of the molecule is Cc1ccc(Cl)c(N=Cc2cccc(C(=O)O)c2O)c1. The van der Waals surface area contributed by atoms with E-state index in [0.717, 1.165) is 5.56 Å². The minimum absolute atomic E-state index is 0.163. The molecular weight excluding hydrogens is 278 g/mol. The molecule has 0 saturated heterocycles. The number of rotatable bonds is 3. The average Bonchev–Trinajstić information content (AvgIpc) is 2.41. The van der Waals surface area contributed by atoms with Gasteiger partial charge in [0.15, 0.2) is 0 Å². The standard InChI is InChI=1S/C15H12ClNO3/c1-9-5-6-12(16)13(7-9)17-8-10-3-2-4-11(14(10)18)15(19)20/h2-8,18H,1H3,(H,19,20). The molecular formula is C15H12ClNO3. The Bertz CT molecular complexity index is 696. The lowest BCUT2D eigenvalue weighted by Crippen LogP contribution is -1.98. The third kappa shape index (κ3) is 2.97. The van der Waals surface area contributed by atoms with Crippen LogP contribution < -0.4 is 0 Å². The summed E-state index contributed by atoms with van der Waals surface area (Å²) in [5, 5.41) is 19.3. The van der Waals surface area contributed by atoms with Crippen LogP contribution in [0.4, 0.5) is 5.69 Å². The second-order valence-electron chi connectivity index (χ2n) is 4.26. The van der Waals surface area contributed by atoms with Gasteiger partial charge in [-0.1, -0.05) is 23.7 Å². The normalized spacial score (nSPS) is 10.9. The summed E-state index contributed by atoms with van der Waals surface area (Å²) < 4.78 is 0. The number of nitrogens with zero attached hydrogens (tertiary/aromatic N) is 1. The fraction of sp³-hybridized carbons (Fsp3) is 0.0667. The number of hydrogen-bond donors (Lipinski definition) is 2. The number of benzene rings is 2. The smallest absolute Gasteiger partial charge is 0.339 e. The molecule has 5 heteroatoms. The largest absolute Gasteiger partial charge is 0.506 e. The van der Waals surface area contributed by atoms with Crippen molar-refractivity contribution in [1.82, 2.24) is 0 Å². The fourth-order valence-corrected chi connectivity index (χ4v) is 1.87. The van der Waals surface area contributed by atoms with Crippen molar-refractivity contribution in [2.75, 3.05) is 0 Å². The summed E-state index contributed by atoms with van der Waals surface area (Å²) in [7, 11) is 0. The Morgan fingerprint density at radius 2 is 2.05 bits per heavy atom. The molecule has 2 aromatic carbocycles. The van der Waals surface area contributed by atoms with Gasteiger partial charge in [-0.3, -0.25) is 4.99 Å². The van der Waals surface area contributed by atoms with Crippen molar-refractivity contribution < 1.29 is 15.0 Å². The first-order valence-electron chi connectivity index (χ1n) is 5.84. The van der Waals surface area contributed by atoms with Gasteiger partial charge in [-0.25, -0.2) is 4.79 Å². The van der Waals surface area contributed by atoms with E-state index < -0.39 is 5.97 Å². The van der Waals surface area contributed by atoms with Crippen LogP contribution in [0.1, 0.15) is 21.5 Å². The van der Waals surface area contributed by atoms with Gasteiger partial charge in [0.25, 0.3) is 0 Å². The summed E-state index contributed by atoms with van der Waals surface area (Å²) in [6.45, 7) is 1.91. The zero-order valence-electron chi connectivity index (χ0n) is 10.7. The van der Waals surface area contributed by atoms with Crippen molar-refractivity contribution in [2.45, 2.75) is 6.92 Å². The Kier molecular flexibility index (Phi) is 4.05. The van der Waals surface area contributed by atoms with Crippen LogP contribution in [-0.2, 0) is 0 Å². The average molecular weight is 290 g/mol. The molecule has 2 rings (SSSR count). The molecule has 0 aliphatic carbocycles. The molecule has 20 heavy (non-hydrogen) atoms. The summed E-state index contributed by atoms with van der Waals surface area (Å²) in [5.41, 5.74) is 1.73. The fourth-order valence-electron chi connectivity index (χ4n) is 1.70. The van der Waals surface area contributed by atoms with E-state index in [0.29, 0.717) is 16.3 Å². The highest BCUT2D eigenvalue weighted by Crippen LogP contribution is 2.27. The van der Waals surface area contributed by atoms with Gasteiger partial charge < -0.3 is 10.2 Å². The van der Waals surface area contributed by atoms with Crippen LogP contribution in [0.15, 0.2) is 41.4 Å². The summed E-state index contributed by atoms with van der Waals surface area (Å²) in [6.07, 6.45) is 1.39. The number of aromatic carboxylic acids is 1. The molecule has 4 nitrogen and oxygen atoms in total. The van der Waals surface area contributed by atoms with Gasteiger partial charge in [0.2, 0.25) is 0 Å². The molecule has 0 saturated carbocycles. The van der Waals surface area contributed by atoms with Crippen LogP contribution in [0.2, 0.25) is 5.02 Å². The first-order chi connectivity index (χ1) is 9.49. The number of carbonyl (C=O) groups is 1. The number of hydrogen-bond acceptors (Lipinski definition) is 3. The van der Waals surface area contributed by atoms with Crippen LogP contribution in [-0.4, -0.2) is 22.4 Å². The molecule has 0 amide bonds. The molecule has 102 valence electrons. The van der Waals surface area contributed by atoms with E-state index in [1.807, 2.05) is 13.0 Å². The zero-order chi connectivity index (χ0) is 14.7. The van der Waals surface area contributed by atoms with Gasteiger partial charge in [-0.05, 0) is 36.8 Å². The Hall–Kier alpha value is -2.33. The third-order valence-electron chi connectivity index (χ3n) is 2.74. The highest BCUT2D eigenvalue weighted by atomic mass is 35.5. The highest BCUT2D eigenvalue weighted by Gasteiger charge is 2.11. The molecule has 2 N–H and O–H groups in total. The van der Waals surface area contributed by atoms with Crippen LogP contribution in [0.5, 0.6) is 5.75 Å². The second-order valence-corrected chi connectivity index (χ2v) is 4.67. The van der Waals surface area contributed by atoms with Gasteiger partial charge in [0, 0.05) is 11.8 Å². The molecule has 0 aliphatic heterocycles. The van der Waals surface area contributed by atoms with E-state index >= 15 is 0 Å². The van der Waals surface area contributed by atoms with Gasteiger partial charge >= 0.3 is 5.97 Å². The number of phenols is 1. The van der Waals surface area contributed by atoms with Crippen LogP contribution >= 0.6 is 11.6 Å². The summed E-state index contributed by atoms with van der Waals surface area (Å²) in [6, 6.07) is 9.85. The van der Waals surface area contributed by atoms with Crippen molar-refractivity contribution in [3.63, 3.8) is 0 Å². The molecule has 0 bridgehead atoms. The number of halogens is 1. The molecule has 0 spiro atoms. The second kappa shape index (κ2) is 5.75. The first kappa shape index (κ1) is 14.1. The minimum atomic E-state index is -1.19. The molecule has 0 radical (unpaired) electrons. The van der Waals surface area contributed by atoms with Crippen molar-refractivity contribution >= 4 is 29.5 Å². The number of para-hydroxylation sites is 1. The maximum atomic E-state index is 10.9. The molecule has 2 aromatic rings. The maximum absolute atomic E-state index is 10.9. The van der Waals surface area contributed by atoms with Gasteiger partial charge in [-0.15, -0.1) is 0 Å². The lowest BCUT2D eigenvalue weighted by Gasteiger charge is -2.03. The molecule has 0 heterocycles. The predicted molar refractivity (Wildman–Crippen MR) is 78.5 cm³/mol. The summed E-state index contributed by atoms with van der Waals surface area (Å²) in [5.74, 6) is -1.50. The van der Waals surface area contributed by atoms with E-state index in [9.17, 15) is 9.90 Å². The monoisotopic (exact) mass is 289 g/mol. The van der Waals surface area contributed by atoms with Gasteiger partial charge in [0.1, 0.15) is 11.3 Å². The first-order valence-corrected chi connectivity index (χ1v) is 6.22. The molecule has 0 aromatic heterocycles. The third-order valence-corrected chi connectivity index (χ3v) is 3.06. The van der Waals surface area contributed by atoms with Crippen molar-refractivity contribution in [3.8, 4) is 5.75 Å². The lowest BCUT2D eigenvalue weighted by atomic mass is 10.1. The van der Waals surface area contributed by atoms with E-state index in [1.165, 1.54) is 12.3 Å². The summed E-state index contributed by atoms with van der Waals surface area (Å²) in [4.78, 5) is 15.1. The predicted octanol–water partition coefficient (Wildman–Crippen LogP) is 3.80. The van der Waals surface area contributed by atoms with Crippen LogP contribution in [0.25, 0.3) is 0 Å². The number of aromatic hydroxyl groups is 1. The number of aryl methyl sites for hydroxylation is 1. The topological polar surface area (TPSA) is 69.9 Å². The van der Waals surface area contributed by atoms with Crippen molar-refractivity contribution in [2.24, 2.45) is 4.99 Å². The highest BCUT2D eigenvalue weighted by molar-refractivity contribution is 6.33. The Morgan fingerprint density at radius 3 is 2.75 bits per heavy atom. The Balaban J connectivity index is 2.39. The van der Waals surface area contributed by atoms with Crippen molar-refractivity contribution in [3.05, 3.63) is 58.1 Å². The number of carboxylic acids is 1. The van der Waals surface area contributed by atoms with E-state index in [4.69, 9.17) is 16.7 Å². The molecule has 0 unspecified atom stereocenters. The maximum Gasteiger partial charge on any atom is 0.339 e. The molecule has 0 fully saturated rings. The Labute approximate surface area is 121 Å². The van der Waals surface area contributed by atoms with Gasteiger partial charge in [0.05, 0.1) is 10.7 Å². The Morgan fingerprint density at radius 1 is 1.30 bits per heavy atom. The van der Waals surface area contributed by atoms with E-state index in [2.05, 4.69) is 4.99 Å². The minimum Gasteiger partial charge on any atom is -0.506 e. The molecule has 0 atom stereocenters. The number of carboxylic acid groups (broad SMARTS) is 1. The van der Waals surface area contributed by atoms with E-state index in [1.54, 1.807) is 24.3 Å². The lowest BCUT2D eigenvalue weighted by molar-refractivity contribution is 0.0693. The van der Waals surface area contributed by atoms with E-state index in [-0.39, 0.29) is 11.3 Å². The zero-order valence-corrected chi connectivity index (χ0v) is 11.4. The van der Waals surface area contributed by atoms with Crippen molar-refractivity contribution in [1.29, 1.82) is 0 Å². The molecule has 0 aliphatic rings.